The number of ether oxygens (including phenoxy) is 1. The van der Waals surface area contributed by atoms with Crippen LogP contribution in [0.25, 0.3) is 0 Å². The highest BCUT2D eigenvalue weighted by molar-refractivity contribution is 5.62. The Kier molecular flexibility index (Phi) is 9.66. The number of rotatable bonds is 12. The highest BCUT2D eigenvalue weighted by Crippen LogP contribution is 2.45. The van der Waals surface area contributed by atoms with Crippen LogP contribution in [0.5, 0.6) is 17.2 Å². The molecule has 0 amide bonds. The van der Waals surface area contributed by atoms with Gasteiger partial charge in [0.15, 0.2) is 11.5 Å². The lowest BCUT2D eigenvalue weighted by Gasteiger charge is -2.22. The van der Waals surface area contributed by atoms with E-state index in [0.717, 1.165) is 75.3 Å². The van der Waals surface area contributed by atoms with Crippen molar-refractivity contribution in [2.75, 3.05) is 6.61 Å². The monoisotopic (exact) mass is 336 g/mol. The van der Waals surface area contributed by atoms with Crippen LogP contribution in [0.3, 0.4) is 0 Å². The topological polar surface area (TPSA) is 49.7 Å². The van der Waals surface area contributed by atoms with Crippen molar-refractivity contribution in [1.82, 2.24) is 0 Å². The molecule has 0 fully saturated rings. The molecule has 0 spiro atoms. The van der Waals surface area contributed by atoms with Crippen molar-refractivity contribution in [3.8, 4) is 17.2 Å². The number of benzene rings is 1. The molecule has 1 aromatic carbocycles. The van der Waals surface area contributed by atoms with Crippen LogP contribution in [0.2, 0.25) is 0 Å². The maximum absolute atomic E-state index is 10.6. The first-order chi connectivity index (χ1) is 11.6. The van der Waals surface area contributed by atoms with Gasteiger partial charge in [0.25, 0.3) is 0 Å². The van der Waals surface area contributed by atoms with Crippen molar-refractivity contribution < 1.29 is 14.9 Å². The third-order valence-electron chi connectivity index (χ3n) is 4.52. The summed E-state index contributed by atoms with van der Waals surface area (Å²) in [5, 5.41) is 21.2. The Balaban J connectivity index is 3.43. The minimum Gasteiger partial charge on any atom is -0.504 e. The van der Waals surface area contributed by atoms with Gasteiger partial charge in [-0.2, -0.15) is 0 Å². The molecule has 0 aliphatic heterocycles. The molecule has 1 rings (SSSR count). The number of aromatic hydroxyl groups is 2. The van der Waals surface area contributed by atoms with Crippen molar-refractivity contribution in [2.45, 2.75) is 91.9 Å². The molecule has 0 saturated heterocycles. The molecule has 3 nitrogen and oxygen atoms in total. The molecule has 0 aliphatic rings. The fourth-order valence-corrected chi connectivity index (χ4v) is 3.11. The van der Waals surface area contributed by atoms with Crippen LogP contribution < -0.4 is 4.74 Å². The molecule has 0 aromatic heterocycles. The molecule has 0 atom stereocenters. The number of phenols is 2. The summed E-state index contributed by atoms with van der Waals surface area (Å²) >= 11 is 0. The summed E-state index contributed by atoms with van der Waals surface area (Å²) in [5.41, 5.74) is 3.29. The molecule has 0 bridgehead atoms. The second kappa shape index (κ2) is 11.2. The van der Waals surface area contributed by atoms with Crippen LogP contribution in [0.15, 0.2) is 0 Å². The van der Waals surface area contributed by atoms with Crippen LogP contribution >= 0.6 is 0 Å². The average Bonchev–Trinajstić information content (AvgIpc) is 2.59. The third kappa shape index (κ3) is 5.32. The van der Waals surface area contributed by atoms with Gasteiger partial charge in [-0.15, -0.1) is 0 Å². The van der Waals surface area contributed by atoms with E-state index in [4.69, 9.17) is 4.74 Å². The van der Waals surface area contributed by atoms with E-state index in [1.807, 2.05) is 0 Å². The van der Waals surface area contributed by atoms with Gasteiger partial charge in [0.1, 0.15) is 0 Å². The Morgan fingerprint density at radius 1 is 0.625 bits per heavy atom. The Morgan fingerprint density at radius 3 is 1.62 bits per heavy atom. The van der Waals surface area contributed by atoms with E-state index in [1.165, 1.54) is 5.56 Å². The van der Waals surface area contributed by atoms with Gasteiger partial charge in [0.2, 0.25) is 5.75 Å². The standard InChI is InChI=1S/C21H36O3/c1-5-9-12-16-17(13-10-6-2)19(22)20(23)21(24-15-8-4)18(16)14-11-7-3/h22-23H,5-15H2,1-4H3. The molecule has 2 N–H and O–H groups in total. The second-order valence-electron chi connectivity index (χ2n) is 6.62. The first kappa shape index (κ1) is 20.7. The molecule has 1 aromatic rings. The summed E-state index contributed by atoms with van der Waals surface area (Å²) in [6.07, 6.45) is 10.0. The predicted octanol–water partition coefficient (Wildman–Crippen LogP) is 5.91. The van der Waals surface area contributed by atoms with Gasteiger partial charge in [0.05, 0.1) is 6.61 Å². The number of unbranched alkanes of at least 4 members (excludes halogenated alkanes) is 3. The lowest BCUT2D eigenvalue weighted by atomic mass is 9.89. The van der Waals surface area contributed by atoms with E-state index in [-0.39, 0.29) is 11.5 Å². The normalized spacial score (nSPS) is 11.0. The van der Waals surface area contributed by atoms with Gasteiger partial charge in [0, 0.05) is 11.1 Å². The zero-order valence-electron chi connectivity index (χ0n) is 16.1. The minimum absolute atomic E-state index is 0.0425. The van der Waals surface area contributed by atoms with Gasteiger partial charge < -0.3 is 14.9 Å². The molecule has 0 heterocycles. The molecule has 0 unspecified atom stereocenters. The lowest BCUT2D eigenvalue weighted by molar-refractivity contribution is 0.287. The van der Waals surface area contributed by atoms with Gasteiger partial charge in [-0.3, -0.25) is 0 Å². The SMILES string of the molecule is CCCCc1c(O)c(O)c(OCCC)c(CCCC)c1CCCC. The Labute approximate surface area is 148 Å². The van der Waals surface area contributed by atoms with E-state index < -0.39 is 0 Å². The second-order valence-corrected chi connectivity index (χ2v) is 6.62. The van der Waals surface area contributed by atoms with Crippen LogP contribution in [0, 0.1) is 0 Å². The first-order valence-electron chi connectivity index (χ1n) is 9.83. The summed E-state index contributed by atoms with van der Waals surface area (Å²) in [7, 11) is 0. The molecule has 3 heteroatoms. The molecule has 0 saturated carbocycles. The third-order valence-corrected chi connectivity index (χ3v) is 4.52. The summed E-state index contributed by atoms with van der Waals surface area (Å²) in [5.74, 6) is 0.510. The van der Waals surface area contributed by atoms with E-state index in [0.29, 0.717) is 12.4 Å². The zero-order chi connectivity index (χ0) is 17.9. The molecular weight excluding hydrogens is 300 g/mol. The summed E-state index contributed by atoms with van der Waals surface area (Å²) in [6, 6.07) is 0. The van der Waals surface area contributed by atoms with Gasteiger partial charge in [-0.25, -0.2) is 0 Å². The molecule has 0 radical (unpaired) electrons. The fourth-order valence-electron chi connectivity index (χ4n) is 3.11. The van der Waals surface area contributed by atoms with Gasteiger partial charge in [-0.1, -0.05) is 47.0 Å². The van der Waals surface area contributed by atoms with E-state index in [9.17, 15) is 10.2 Å². The van der Waals surface area contributed by atoms with Crippen LogP contribution in [-0.2, 0) is 19.3 Å². The first-order valence-corrected chi connectivity index (χ1v) is 9.83. The Morgan fingerprint density at radius 2 is 1.12 bits per heavy atom. The maximum Gasteiger partial charge on any atom is 0.201 e. The molecule has 0 aliphatic carbocycles. The van der Waals surface area contributed by atoms with E-state index in [1.54, 1.807) is 0 Å². The minimum atomic E-state index is -0.0547. The predicted molar refractivity (Wildman–Crippen MR) is 101 cm³/mol. The summed E-state index contributed by atoms with van der Waals surface area (Å²) in [6.45, 7) is 9.13. The lowest BCUT2D eigenvalue weighted by Crippen LogP contribution is -2.07. The summed E-state index contributed by atoms with van der Waals surface area (Å²) < 4.78 is 5.87. The van der Waals surface area contributed by atoms with Gasteiger partial charge >= 0.3 is 0 Å². The fraction of sp³-hybridized carbons (Fsp3) is 0.714. The van der Waals surface area contributed by atoms with Crippen LogP contribution in [0.4, 0.5) is 0 Å². The molecular formula is C21H36O3. The van der Waals surface area contributed by atoms with Gasteiger partial charge in [-0.05, 0) is 50.5 Å². The van der Waals surface area contributed by atoms with Crippen molar-refractivity contribution in [1.29, 1.82) is 0 Å². The average molecular weight is 337 g/mol. The van der Waals surface area contributed by atoms with Crippen molar-refractivity contribution in [3.63, 3.8) is 0 Å². The number of phenolic OH excluding ortho intramolecular Hbond substituents is 2. The summed E-state index contributed by atoms with van der Waals surface area (Å²) in [4.78, 5) is 0. The highest BCUT2D eigenvalue weighted by atomic mass is 16.5. The quantitative estimate of drug-likeness (QED) is 0.466. The Hall–Kier alpha value is -1.38. The largest absolute Gasteiger partial charge is 0.504 e. The van der Waals surface area contributed by atoms with E-state index in [2.05, 4.69) is 27.7 Å². The Bertz CT molecular complexity index is 450. The zero-order valence-corrected chi connectivity index (χ0v) is 16.1. The molecule has 24 heavy (non-hydrogen) atoms. The van der Waals surface area contributed by atoms with Crippen molar-refractivity contribution in [2.24, 2.45) is 0 Å². The highest BCUT2D eigenvalue weighted by Gasteiger charge is 2.23. The van der Waals surface area contributed by atoms with E-state index >= 15 is 0 Å². The number of hydrogen-bond acceptors (Lipinski definition) is 3. The van der Waals surface area contributed by atoms with Crippen LogP contribution in [0.1, 0.15) is 89.3 Å². The van der Waals surface area contributed by atoms with Crippen molar-refractivity contribution in [3.05, 3.63) is 16.7 Å². The smallest absolute Gasteiger partial charge is 0.201 e. The van der Waals surface area contributed by atoms with Crippen molar-refractivity contribution >= 4 is 0 Å². The molecule has 138 valence electrons. The maximum atomic E-state index is 10.6. The van der Waals surface area contributed by atoms with Crippen LogP contribution in [-0.4, -0.2) is 16.8 Å². The number of hydrogen-bond donors (Lipinski definition) is 2.